The van der Waals surface area contributed by atoms with E-state index in [2.05, 4.69) is 107 Å². The molecule has 5 rings (SSSR count). The molecule has 0 N–H and O–H groups in total. The summed E-state index contributed by atoms with van der Waals surface area (Å²) in [5, 5.41) is 0. The van der Waals surface area contributed by atoms with Gasteiger partial charge in [0.1, 0.15) is 0 Å². The minimum absolute atomic E-state index is 0. The summed E-state index contributed by atoms with van der Waals surface area (Å²) in [5.74, 6) is 0.573. The topological polar surface area (TPSA) is 0 Å². The van der Waals surface area contributed by atoms with Crippen LogP contribution in [0.2, 0.25) is 0 Å². The summed E-state index contributed by atoms with van der Waals surface area (Å²) in [7, 11) is 0. The molecule has 0 heterocycles. The van der Waals surface area contributed by atoms with Crippen molar-refractivity contribution in [1.82, 2.24) is 0 Å². The summed E-state index contributed by atoms with van der Waals surface area (Å²) in [6.45, 7) is 18.6. The van der Waals surface area contributed by atoms with Crippen LogP contribution in [0.5, 0.6) is 0 Å². The van der Waals surface area contributed by atoms with Gasteiger partial charge in [0.15, 0.2) is 0 Å². The molecule has 0 saturated carbocycles. The third-order valence-electron chi connectivity index (χ3n) is 6.34. The van der Waals surface area contributed by atoms with Crippen LogP contribution in [0, 0.1) is 43.9 Å². The molecule has 0 nitrogen and oxygen atoms in total. The number of hydrogen-bond donors (Lipinski definition) is 0. The van der Waals surface area contributed by atoms with E-state index < -0.39 is 0 Å². The van der Waals surface area contributed by atoms with Crippen LogP contribution in [0.3, 0.4) is 0 Å². The van der Waals surface area contributed by atoms with Crippen LogP contribution in [-0.4, -0.2) is 4.21 Å². The Bertz CT molecular complexity index is 1190. The molecule has 0 spiro atoms. The minimum Gasteiger partial charge on any atom is -0.358 e. The van der Waals surface area contributed by atoms with Crippen molar-refractivity contribution < 1.29 is 24.2 Å². The number of halogens is 2. The van der Waals surface area contributed by atoms with Crippen molar-refractivity contribution in [2.45, 2.75) is 47.5 Å². The van der Waals surface area contributed by atoms with E-state index in [-0.39, 0.29) is 32.2 Å². The molecule has 0 fully saturated rings. The number of rotatable bonds is 3. The van der Waals surface area contributed by atoms with Gasteiger partial charge in [-0.1, -0.05) is 94.4 Å². The second-order valence-corrected chi connectivity index (χ2v) is 10.1. The average Bonchev–Trinajstić information content (AvgIpc) is 3.55. The van der Waals surface area contributed by atoms with Crippen molar-refractivity contribution in [3.05, 3.63) is 139 Å². The first-order chi connectivity index (χ1) is 17.7. The molecular formula is C37H44Cl2Zr-4. The molecule has 0 aromatic heterocycles. The molecule has 3 aromatic rings. The van der Waals surface area contributed by atoms with Crippen molar-refractivity contribution >= 4 is 41.2 Å². The largest absolute Gasteiger partial charge is 0.358 e. The molecule has 1 unspecified atom stereocenters. The Morgan fingerprint density at radius 3 is 2.00 bits per heavy atom. The molecule has 0 saturated heterocycles. The average molecular weight is 651 g/mol. The summed E-state index contributed by atoms with van der Waals surface area (Å²) in [4.78, 5) is 0. The zero-order valence-electron chi connectivity index (χ0n) is 24.9. The standard InChI is InChI=1S/C17H13.C11H17.C7H7.CH3.CH2.2ClH.Zr/c1-3-12-5-7-14-11-15-8-6-13(4-2)10-17(15)16(14)9-12;1-5-9-6-7-10(8-9)11(2,3)4;1-7-5-3-2-4-6-7;;;;;/h3-7,9-10H,1-2,11H2;7-9H,5H2,1-4H3;3-6H,1H3;1H3;1H2;2*1H;/q4*-1;;;;. The summed E-state index contributed by atoms with van der Waals surface area (Å²) in [6, 6.07) is 24.9. The number of aryl methyl sites for hydroxylation is 1. The van der Waals surface area contributed by atoms with Gasteiger partial charge in [-0.3, -0.25) is 6.08 Å². The van der Waals surface area contributed by atoms with E-state index in [9.17, 15) is 0 Å². The Labute approximate surface area is 272 Å². The molecule has 2 aliphatic carbocycles. The van der Waals surface area contributed by atoms with E-state index >= 15 is 0 Å². The van der Waals surface area contributed by atoms with Gasteiger partial charge >= 0.3 is 28.4 Å². The molecule has 1 atom stereocenters. The number of benzene rings is 3. The molecule has 214 valence electrons. The fourth-order valence-corrected chi connectivity index (χ4v) is 4.05. The second kappa shape index (κ2) is 19.9. The third kappa shape index (κ3) is 11.8. The quantitative estimate of drug-likeness (QED) is 0.194. The second-order valence-electron chi connectivity index (χ2n) is 10.1. The van der Waals surface area contributed by atoms with Crippen molar-refractivity contribution in [2.75, 3.05) is 0 Å². The van der Waals surface area contributed by atoms with Gasteiger partial charge in [0.2, 0.25) is 0 Å². The fourth-order valence-electron chi connectivity index (χ4n) is 4.05. The minimum atomic E-state index is 0. The Morgan fingerprint density at radius 1 is 0.950 bits per heavy atom. The van der Waals surface area contributed by atoms with Crippen LogP contribution in [0.25, 0.3) is 23.3 Å². The van der Waals surface area contributed by atoms with Crippen LogP contribution < -0.4 is 0 Å². The monoisotopic (exact) mass is 648 g/mol. The van der Waals surface area contributed by atoms with Crippen LogP contribution in [-0.2, 0) is 30.7 Å². The van der Waals surface area contributed by atoms with E-state index in [0.29, 0.717) is 11.3 Å². The predicted molar refractivity (Wildman–Crippen MR) is 181 cm³/mol. The maximum atomic E-state index is 3.82. The summed E-state index contributed by atoms with van der Waals surface area (Å²) in [6.07, 6.45) is 13.7. The normalized spacial score (nSPS) is 13.2. The number of allylic oxidation sites excluding steroid dienone is 4. The van der Waals surface area contributed by atoms with Gasteiger partial charge in [0, 0.05) is 0 Å². The van der Waals surface area contributed by atoms with Gasteiger partial charge in [-0.05, 0) is 12.0 Å². The van der Waals surface area contributed by atoms with Crippen LogP contribution in [0.1, 0.15) is 61.9 Å². The smallest absolute Gasteiger partial charge is 0.358 e. The van der Waals surface area contributed by atoms with Gasteiger partial charge in [0.05, 0.1) is 0 Å². The Hall–Kier alpha value is -2.05. The molecule has 2 aliphatic rings. The summed E-state index contributed by atoms with van der Waals surface area (Å²) >= 11 is 1.30. The maximum Gasteiger partial charge on any atom is -0.358 e. The number of hydrogen-bond acceptors (Lipinski definition) is 0. The first kappa shape index (κ1) is 40.1. The van der Waals surface area contributed by atoms with Gasteiger partial charge in [-0.15, -0.1) is 48.6 Å². The van der Waals surface area contributed by atoms with Gasteiger partial charge in [-0.2, -0.15) is 71.3 Å². The SMILES string of the molecule is C=Cc1c[c-]c2c(c1)-c1cc(C=C)ccc1C2.CCC1[C-]=CC(C(C)(C)C)=C1.Cc1cc[c-]cc1.Cl.Cl.[CH2]=[Zr].[CH3-]. The molecular weight excluding hydrogens is 607 g/mol. The van der Waals surface area contributed by atoms with E-state index in [1.165, 1.54) is 69.6 Å². The van der Waals surface area contributed by atoms with Crippen LogP contribution in [0.15, 0.2) is 85.5 Å². The first-order valence-electron chi connectivity index (χ1n) is 12.8. The van der Waals surface area contributed by atoms with E-state index in [4.69, 9.17) is 0 Å². The van der Waals surface area contributed by atoms with Gasteiger partial charge in [0.25, 0.3) is 0 Å². The van der Waals surface area contributed by atoms with Crippen molar-refractivity contribution in [2.24, 2.45) is 11.3 Å². The Kier molecular flexibility index (Phi) is 20.0. The number of fused-ring (bicyclic) bond motifs is 3. The summed E-state index contributed by atoms with van der Waals surface area (Å²) in [5.41, 5.74) is 10.6. The Balaban J connectivity index is 0. The van der Waals surface area contributed by atoms with Crippen molar-refractivity contribution in [3.8, 4) is 11.1 Å². The van der Waals surface area contributed by atoms with E-state index in [0.717, 1.165) is 12.0 Å². The molecule has 0 aliphatic heterocycles. The first-order valence-corrected chi connectivity index (χ1v) is 14.5. The molecule has 3 aromatic carbocycles. The Morgan fingerprint density at radius 2 is 1.55 bits per heavy atom. The molecule has 0 amide bonds. The van der Waals surface area contributed by atoms with Gasteiger partial charge < -0.3 is 7.43 Å². The molecule has 0 radical (unpaired) electrons. The van der Waals surface area contributed by atoms with Crippen LogP contribution >= 0.6 is 24.8 Å². The van der Waals surface area contributed by atoms with Gasteiger partial charge in [-0.25, -0.2) is 6.08 Å². The molecule has 40 heavy (non-hydrogen) atoms. The van der Waals surface area contributed by atoms with Crippen molar-refractivity contribution in [3.63, 3.8) is 0 Å². The maximum absolute atomic E-state index is 3.82. The summed E-state index contributed by atoms with van der Waals surface area (Å²) < 4.78 is 3.34. The molecule has 0 bridgehead atoms. The van der Waals surface area contributed by atoms with E-state index in [1.54, 1.807) is 0 Å². The fraction of sp³-hybridized carbons (Fsp3) is 0.243. The third-order valence-corrected chi connectivity index (χ3v) is 6.34. The molecule has 3 heteroatoms. The van der Waals surface area contributed by atoms with E-state index in [1.807, 2.05) is 42.5 Å². The zero-order chi connectivity index (χ0) is 27.4. The van der Waals surface area contributed by atoms with Crippen LogP contribution in [0.4, 0.5) is 0 Å². The van der Waals surface area contributed by atoms with Crippen molar-refractivity contribution in [1.29, 1.82) is 0 Å². The zero-order valence-corrected chi connectivity index (χ0v) is 29.0. The predicted octanol–water partition coefficient (Wildman–Crippen LogP) is 10.8.